The van der Waals surface area contributed by atoms with Crippen LogP contribution in [0.2, 0.25) is 0 Å². The molecule has 0 radical (unpaired) electrons. The van der Waals surface area contributed by atoms with E-state index >= 15 is 0 Å². The normalized spacial score (nSPS) is 12.8. The van der Waals surface area contributed by atoms with Gasteiger partial charge in [0.05, 0.1) is 11.4 Å². The predicted octanol–water partition coefficient (Wildman–Crippen LogP) is 14.5. The largest absolute Gasteiger partial charge is 0.228 e. The molecular formula is C54H36N2S. The minimum atomic E-state index is -0.239. The average molecular weight is 745 g/mol. The van der Waals surface area contributed by atoms with Gasteiger partial charge < -0.3 is 0 Å². The minimum absolute atomic E-state index is 0.239. The molecule has 1 aliphatic rings. The summed E-state index contributed by atoms with van der Waals surface area (Å²) < 4.78 is 2.63. The lowest BCUT2D eigenvalue weighted by molar-refractivity contribution is 0.714. The highest BCUT2D eigenvalue weighted by atomic mass is 32.1. The van der Waals surface area contributed by atoms with E-state index in [1.165, 1.54) is 59.1 Å². The van der Waals surface area contributed by atoms with Crippen molar-refractivity contribution in [1.82, 2.24) is 9.97 Å². The lowest BCUT2D eigenvalue weighted by Gasteiger charge is -2.28. The number of thiophene rings is 1. The molecule has 0 unspecified atom stereocenters. The van der Waals surface area contributed by atoms with Gasteiger partial charge in [-0.25, -0.2) is 9.97 Å². The molecule has 268 valence electrons. The smallest absolute Gasteiger partial charge is 0.160 e. The molecule has 0 atom stereocenters. The first-order chi connectivity index (χ1) is 28.1. The van der Waals surface area contributed by atoms with Gasteiger partial charge in [0.1, 0.15) is 0 Å². The van der Waals surface area contributed by atoms with E-state index in [1.54, 1.807) is 0 Å². The van der Waals surface area contributed by atoms with Gasteiger partial charge in [-0.2, -0.15) is 0 Å². The number of hydrogen-bond acceptors (Lipinski definition) is 3. The van der Waals surface area contributed by atoms with Crippen molar-refractivity contribution in [2.45, 2.75) is 12.3 Å². The fourth-order valence-corrected chi connectivity index (χ4v) is 10.2. The quantitative estimate of drug-likeness (QED) is 0.169. The Bertz CT molecular complexity index is 3080. The first kappa shape index (κ1) is 33.4. The van der Waals surface area contributed by atoms with Crippen molar-refractivity contribution in [2.75, 3.05) is 0 Å². The number of rotatable bonds is 6. The SMILES string of the molecule is CC1(c2ccc(-c3ccccc3-c3cc(-c4ccc(-c5cccc6c5sc5ccccc56)cc4)nc(-c4ccccc4)n3)cc2)c2ccccc2-c2ccccc21. The van der Waals surface area contributed by atoms with Crippen LogP contribution < -0.4 is 0 Å². The molecule has 2 nitrogen and oxygen atoms in total. The van der Waals surface area contributed by atoms with E-state index in [1.807, 2.05) is 29.5 Å². The summed E-state index contributed by atoms with van der Waals surface area (Å²) in [6, 6.07) is 72.1. The van der Waals surface area contributed by atoms with E-state index in [0.29, 0.717) is 5.82 Å². The third kappa shape index (κ3) is 5.46. The number of fused-ring (bicyclic) bond motifs is 6. The summed E-state index contributed by atoms with van der Waals surface area (Å²) in [6.45, 7) is 2.37. The molecule has 0 amide bonds. The molecule has 57 heavy (non-hydrogen) atoms. The Labute approximate surface area is 336 Å². The number of aromatic nitrogens is 2. The molecule has 2 aromatic heterocycles. The molecule has 0 saturated heterocycles. The van der Waals surface area contributed by atoms with Gasteiger partial charge in [0, 0.05) is 42.3 Å². The second-order valence-electron chi connectivity index (χ2n) is 15.0. The summed E-state index contributed by atoms with van der Waals surface area (Å²) in [4.78, 5) is 10.4. The molecule has 3 heteroatoms. The van der Waals surface area contributed by atoms with Crippen molar-refractivity contribution in [3.8, 4) is 67.3 Å². The zero-order chi connectivity index (χ0) is 37.9. The molecule has 2 heterocycles. The van der Waals surface area contributed by atoms with Crippen LogP contribution in [0.25, 0.3) is 87.5 Å². The summed E-state index contributed by atoms with van der Waals surface area (Å²) in [5, 5.41) is 2.62. The van der Waals surface area contributed by atoms with E-state index < -0.39 is 0 Å². The summed E-state index contributed by atoms with van der Waals surface area (Å²) in [7, 11) is 0. The van der Waals surface area contributed by atoms with E-state index in [0.717, 1.165) is 39.2 Å². The Balaban J connectivity index is 0.992. The summed E-state index contributed by atoms with van der Waals surface area (Å²) in [5.41, 5.74) is 16.0. The summed E-state index contributed by atoms with van der Waals surface area (Å²) >= 11 is 1.86. The Morgan fingerprint density at radius 3 is 1.65 bits per heavy atom. The highest BCUT2D eigenvalue weighted by Gasteiger charge is 2.40. The third-order valence-corrected chi connectivity index (χ3v) is 13.1. The van der Waals surface area contributed by atoms with Gasteiger partial charge in [-0.1, -0.05) is 188 Å². The maximum absolute atomic E-state index is 5.24. The van der Waals surface area contributed by atoms with E-state index in [-0.39, 0.29) is 5.41 Å². The first-order valence-corrected chi connectivity index (χ1v) is 20.3. The van der Waals surface area contributed by atoms with Crippen molar-refractivity contribution in [1.29, 1.82) is 0 Å². The van der Waals surface area contributed by atoms with Gasteiger partial charge in [-0.05, 0) is 69.1 Å². The van der Waals surface area contributed by atoms with Crippen LogP contribution in [-0.4, -0.2) is 9.97 Å². The molecule has 0 saturated carbocycles. The highest BCUT2D eigenvalue weighted by molar-refractivity contribution is 7.26. The molecular weight excluding hydrogens is 709 g/mol. The van der Waals surface area contributed by atoms with Gasteiger partial charge >= 0.3 is 0 Å². The van der Waals surface area contributed by atoms with Crippen LogP contribution in [0.5, 0.6) is 0 Å². The van der Waals surface area contributed by atoms with Crippen molar-refractivity contribution in [3.05, 3.63) is 217 Å². The van der Waals surface area contributed by atoms with E-state index in [4.69, 9.17) is 9.97 Å². The van der Waals surface area contributed by atoms with Crippen LogP contribution >= 0.6 is 11.3 Å². The Hall–Kier alpha value is -6.94. The first-order valence-electron chi connectivity index (χ1n) is 19.5. The zero-order valence-electron chi connectivity index (χ0n) is 31.4. The number of hydrogen-bond donors (Lipinski definition) is 0. The maximum atomic E-state index is 5.24. The van der Waals surface area contributed by atoms with Crippen LogP contribution in [0.15, 0.2) is 200 Å². The van der Waals surface area contributed by atoms with Crippen LogP contribution in [-0.2, 0) is 5.41 Å². The average Bonchev–Trinajstić information content (AvgIpc) is 3.80. The van der Waals surface area contributed by atoms with Crippen molar-refractivity contribution in [2.24, 2.45) is 0 Å². The van der Waals surface area contributed by atoms with Gasteiger partial charge in [0.2, 0.25) is 0 Å². The van der Waals surface area contributed by atoms with E-state index in [2.05, 4.69) is 189 Å². The monoisotopic (exact) mass is 744 g/mol. The number of nitrogens with zero attached hydrogens (tertiary/aromatic N) is 2. The molecule has 10 aromatic rings. The molecule has 0 spiro atoms. The van der Waals surface area contributed by atoms with Crippen molar-refractivity contribution >= 4 is 31.5 Å². The zero-order valence-corrected chi connectivity index (χ0v) is 32.2. The topological polar surface area (TPSA) is 25.8 Å². The third-order valence-electron chi connectivity index (χ3n) is 11.9. The van der Waals surface area contributed by atoms with Crippen molar-refractivity contribution in [3.63, 3.8) is 0 Å². The summed E-state index contributed by atoms with van der Waals surface area (Å²) in [6.07, 6.45) is 0. The molecule has 0 fully saturated rings. The number of benzene rings is 8. The molecule has 0 aliphatic heterocycles. The lowest BCUT2D eigenvalue weighted by atomic mass is 9.74. The molecule has 0 bridgehead atoms. The van der Waals surface area contributed by atoms with Crippen LogP contribution in [0.4, 0.5) is 0 Å². The summed E-state index contributed by atoms with van der Waals surface area (Å²) in [5.74, 6) is 0.707. The lowest BCUT2D eigenvalue weighted by Crippen LogP contribution is -2.22. The predicted molar refractivity (Wildman–Crippen MR) is 240 cm³/mol. The van der Waals surface area contributed by atoms with Gasteiger partial charge in [-0.15, -0.1) is 11.3 Å². The molecule has 1 aliphatic carbocycles. The Kier molecular flexibility index (Phi) is 7.84. The molecule has 8 aromatic carbocycles. The highest BCUT2D eigenvalue weighted by Crippen LogP contribution is 2.52. The standard InChI is InChI=1S/C54H36N2S/c1-54(47-23-10-7-17-42(47)43-18-8-11-24-48(43)54)39-32-30-35(31-33-39)40-16-5-6-19-44(40)50-34-49(55-53(56-50)38-14-3-2-4-15-38)37-28-26-36(27-29-37)41-21-13-22-46-45-20-9-12-25-51(45)57-52(41)46/h2-34H,1H3. The second-order valence-corrected chi connectivity index (χ2v) is 16.1. The second kappa shape index (κ2) is 13.4. The van der Waals surface area contributed by atoms with Crippen molar-refractivity contribution < 1.29 is 0 Å². The van der Waals surface area contributed by atoms with E-state index in [9.17, 15) is 0 Å². The minimum Gasteiger partial charge on any atom is -0.228 e. The molecule has 11 rings (SSSR count). The fourth-order valence-electron chi connectivity index (χ4n) is 8.95. The van der Waals surface area contributed by atoms with Crippen LogP contribution in [0.3, 0.4) is 0 Å². The van der Waals surface area contributed by atoms with Gasteiger partial charge in [-0.3, -0.25) is 0 Å². The van der Waals surface area contributed by atoms with Crippen LogP contribution in [0, 0.1) is 0 Å². The Morgan fingerprint density at radius 1 is 0.386 bits per heavy atom. The van der Waals surface area contributed by atoms with Gasteiger partial charge in [0.25, 0.3) is 0 Å². The Morgan fingerprint density at radius 2 is 0.912 bits per heavy atom. The fraction of sp³-hybridized carbons (Fsp3) is 0.0370. The molecule has 0 N–H and O–H groups in total. The van der Waals surface area contributed by atoms with Gasteiger partial charge in [0.15, 0.2) is 5.82 Å². The van der Waals surface area contributed by atoms with Crippen LogP contribution in [0.1, 0.15) is 23.6 Å². The maximum Gasteiger partial charge on any atom is 0.160 e.